The molecule has 0 saturated carbocycles. The number of nitrogens with zero attached hydrogens (tertiary/aromatic N) is 4. The number of fused-ring (bicyclic) bond motifs is 1. The maximum atomic E-state index is 12.4. The lowest BCUT2D eigenvalue weighted by Crippen LogP contribution is -2.11. The molecule has 0 bridgehead atoms. The van der Waals surface area contributed by atoms with Crippen LogP contribution in [0.5, 0.6) is 5.75 Å². The first-order chi connectivity index (χ1) is 14.0. The van der Waals surface area contributed by atoms with Crippen LogP contribution in [0.1, 0.15) is 11.4 Å². The topological polar surface area (TPSA) is 85.2 Å². The third-order valence-electron chi connectivity index (χ3n) is 3.99. The fraction of sp³-hybridized carbons (Fsp3) is 0.158. The Balaban J connectivity index is 1.57. The van der Waals surface area contributed by atoms with E-state index in [4.69, 9.17) is 0 Å². The standard InChI is InChI=1S/C19H15F2N5O2S/c1-11-7-16-24-17(27)9-13(26(16)25-11)10-29-19-22-6-5-15(23-19)12-3-2-4-14(8-12)28-18(20)21/h2-9,18H,10H2,1H3,(H,24,27). The van der Waals surface area contributed by atoms with Crippen LogP contribution < -0.4 is 10.3 Å². The van der Waals surface area contributed by atoms with Crippen molar-refractivity contribution in [2.45, 2.75) is 24.4 Å². The van der Waals surface area contributed by atoms with Gasteiger partial charge in [-0.05, 0) is 25.1 Å². The molecule has 1 aromatic carbocycles. The molecule has 0 aliphatic heterocycles. The minimum absolute atomic E-state index is 0.0604. The van der Waals surface area contributed by atoms with Gasteiger partial charge in [0.2, 0.25) is 0 Å². The molecule has 0 unspecified atom stereocenters. The molecule has 1 N–H and O–H groups in total. The second-order valence-electron chi connectivity index (χ2n) is 6.13. The van der Waals surface area contributed by atoms with Crippen molar-refractivity contribution in [1.29, 1.82) is 0 Å². The highest BCUT2D eigenvalue weighted by molar-refractivity contribution is 7.98. The molecule has 7 nitrogen and oxygen atoms in total. The van der Waals surface area contributed by atoms with Gasteiger partial charge in [0.05, 0.1) is 17.1 Å². The van der Waals surface area contributed by atoms with E-state index < -0.39 is 6.61 Å². The lowest BCUT2D eigenvalue weighted by atomic mass is 10.1. The summed E-state index contributed by atoms with van der Waals surface area (Å²) < 4.78 is 31.0. The van der Waals surface area contributed by atoms with Crippen LogP contribution in [-0.4, -0.2) is 31.2 Å². The lowest BCUT2D eigenvalue weighted by Gasteiger charge is -2.08. The Hall–Kier alpha value is -3.27. The van der Waals surface area contributed by atoms with Crippen LogP contribution in [-0.2, 0) is 5.75 Å². The first-order valence-corrected chi connectivity index (χ1v) is 9.56. The number of benzene rings is 1. The largest absolute Gasteiger partial charge is 0.435 e. The van der Waals surface area contributed by atoms with Gasteiger partial charge in [-0.15, -0.1) is 0 Å². The molecule has 4 aromatic rings. The number of ether oxygens (including phenoxy) is 1. The van der Waals surface area contributed by atoms with Gasteiger partial charge in [-0.2, -0.15) is 13.9 Å². The highest BCUT2D eigenvalue weighted by Crippen LogP contribution is 2.26. The molecule has 0 saturated heterocycles. The summed E-state index contributed by atoms with van der Waals surface area (Å²) in [6.45, 7) is -1.04. The molecule has 0 radical (unpaired) electrons. The smallest absolute Gasteiger partial charge is 0.387 e. The molecule has 148 valence electrons. The average Bonchev–Trinajstić information content (AvgIpc) is 3.06. The van der Waals surface area contributed by atoms with Gasteiger partial charge < -0.3 is 9.72 Å². The number of alkyl halides is 2. The van der Waals surface area contributed by atoms with Gasteiger partial charge in [-0.3, -0.25) is 4.79 Å². The van der Waals surface area contributed by atoms with E-state index in [0.29, 0.717) is 33.5 Å². The molecular formula is C19H15F2N5O2S. The molecule has 29 heavy (non-hydrogen) atoms. The van der Waals surface area contributed by atoms with Crippen LogP contribution in [0.2, 0.25) is 0 Å². The summed E-state index contributed by atoms with van der Waals surface area (Å²) in [5.74, 6) is 0.491. The van der Waals surface area contributed by atoms with E-state index in [2.05, 4.69) is 24.8 Å². The fourth-order valence-electron chi connectivity index (χ4n) is 2.83. The van der Waals surface area contributed by atoms with Gasteiger partial charge in [-0.1, -0.05) is 23.9 Å². The van der Waals surface area contributed by atoms with Crippen molar-refractivity contribution < 1.29 is 13.5 Å². The summed E-state index contributed by atoms with van der Waals surface area (Å²) in [6, 6.07) is 11.3. The van der Waals surface area contributed by atoms with Crippen molar-refractivity contribution in [3.63, 3.8) is 0 Å². The van der Waals surface area contributed by atoms with Crippen molar-refractivity contribution in [1.82, 2.24) is 24.6 Å². The van der Waals surface area contributed by atoms with Crippen molar-refractivity contribution in [2.24, 2.45) is 0 Å². The van der Waals surface area contributed by atoms with Crippen molar-refractivity contribution in [3.8, 4) is 17.0 Å². The van der Waals surface area contributed by atoms with Crippen molar-refractivity contribution in [3.05, 3.63) is 70.4 Å². The van der Waals surface area contributed by atoms with Crippen molar-refractivity contribution in [2.75, 3.05) is 0 Å². The maximum Gasteiger partial charge on any atom is 0.387 e. The van der Waals surface area contributed by atoms with Crippen LogP contribution >= 0.6 is 11.8 Å². The number of nitrogens with one attached hydrogen (secondary N) is 1. The lowest BCUT2D eigenvalue weighted by molar-refractivity contribution is -0.0498. The maximum absolute atomic E-state index is 12.4. The van der Waals surface area contributed by atoms with Crippen molar-refractivity contribution >= 4 is 17.4 Å². The van der Waals surface area contributed by atoms with Crippen LogP contribution in [0.15, 0.2) is 58.6 Å². The highest BCUT2D eigenvalue weighted by atomic mass is 32.2. The average molecular weight is 415 g/mol. The second kappa shape index (κ2) is 8.00. The third-order valence-corrected chi connectivity index (χ3v) is 4.89. The minimum Gasteiger partial charge on any atom is -0.435 e. The van der Waals surface area contributed by atoms with Gasteiger partial charge in [0.25, 0.3) is 5.56 Å². The van der Waals surface area contributed by atoms with E-state index in [1.807, 2.05) is 6.92 Å². The Bertz CT molecular complexity index is 1220. The summed E-state index contributed by atoms with van der Waals surface area (Å²) in [7, 11) is 0. The van der Waals surface area contributed by atoms with E-state index in [9.17, 15) is 13.6 Å². The highest BCUT2D eigenvalue weighted by Gasteiger charge is 2.10. The molecule has 4 rings (SSSR count). The Morgan fingerprint density at radius 2 is 2.10 bits per heavy atom. The number of aromatic nitrogens is 5. The van der Waals surface area contributed by atoms with Gasteiger partial charge in [-0.25, -0.2) is 14.5 Å². The molecule has 0 aliphatic carbocycles. The second-order valence-corrected chi connectivity index (χ2v) is 7.07. The monoisotopic (exact) mass is 415 g/mol. The summed E-state index contributed by atoms with van der Waals surface area (Å²) in [4.78, 5) is 23.3. The SMILES string of the molecule is Cc1cc2[nH]c(=O)cc(CSc3nccc(-c4cccc(OC(F)F)c4)n3)n2n1. The van der Waals surface area contributed by atoms with Gasteiger partial charge in [0.15, 0.2) is 5.16 Å². The number of aromatic amines is 1. The quantitative estimate of drug-likeness (QED) is 0.382. The van der Waals surface area contributed by atoms with Gasteiger partial charge in [0, 0.05) is 29.6 Å². The Kier molecular flexibility index (Phi) is 5.26. The summed E-state index contributed by atoms with van der Waals surface area (Å²) in [6.07, 6.45) is 1.59. The fourth-order valence-corrected chi connectivity index (χ4v) is 3.61. The summed E-state index contributed by atoms with van der Waals surface area (Å²) >= 11 is 1.34. The van der Waals surface area contributed by atoms with Crippen LogP contribution in [0.3, 0.4) is 0 Å². The minimum atomic E-state index is -2.89. The molecule has 0 aliphatic rings. The molecular weight excluding hydrogens is 400 g/mol. The number of rotatable bonds is 6. The van der Waals surface area contributed by atoms with E-state index >= 15 is 0 Å². The number of hydrogen-bond acceptors (Lipinski definition) is 6. The van der Waals surface area contributed by atoms with E-state index in [1.54, 1.807) is 35.0 Å². The normalized spacial score (nSPS) is 11.3. The predicted octanol–water partition coefficient (Wildman–Crippen LogP) is 3.68. The molecule has 0 amide bonds. The molecule has 3 aromatic heterocycles. The number of hydrogen-bond donors (Lipinski definition) is 1. The molecule has 0 spiro atoms. The number of aryl methyl sites for hydroxylation is 1. The first-order valence-electron chi connectivity index (χ1n) is 8.57. The Morgan fingerprint density at radius 1 is 1.24 bits per heavy atom. The number of H-pyrrole nitrogens is 1. The van der Waals surface area contributed by atoms with E-state index in [1.165, 1.54) is 30.0 Å². The zero-order valence-corrected chi connectivity index (χ0v) is 16.0. The third kappa shape index (κ3) is 4.43. The predicted molar refractivity (Wildman–Crippen MR) is 104 cm³/mol. The number of thioether (sulfide) groups is 1. The molecule has 0 fully saturated rings. The van der Waals surface area contributed by atoms with Gasteiger partial charge in [0.1, 0.15) is 11.4 Å². The van der Waals surface area contributed by atoms with Crippen LogP contribution in [0.25, 0.3) is 16.9 Å². The molecule has 10 heteroatoms. The first kappa shape index (κ1) is 19.1. The summed E-state index contributed by atoms with van der Waals surface area (Å²) in [5, 5.41) is 4.87. The molecule has 0 atom stereocenters. The van der Waals surface area contributed by atoms with E-state index in [-0.39, 0.29) is 11.3 Å². The zero-order valence-electron chi connectivity index (χ0n) is 15.2. The zero-order chi connectivity index (χ0) is 20.4. The number of halogens is 2. The van der Waals surface area contributed by atoms with Crippen LogP contribution in [0, 0.1) is 6.92 Å². The Morgan fingerprint density at radius 3 is 2.93 bits per heavy atom. The molecule has 3 heterocycles. The summed E-state index contributed by atoms with van der Waals surface area (Å²) in [5.41, 5.74) is 3.13. The van der Waals surface area contributed by atoms with Crippen LogP contribution in [0.4, 0.5) is 8.78 Å². The van der Waals surface area contributed by atoms with E-state index in [0.717, 1.165) is 5.69 Å². The Labute approximate surface area is 167 Å². The van der Waals surface area contributed by atoms with Gasteiger partial charge >= 0.3 is 6.61 Å².